The Hall–Kier alpha value is -2.18. The van der Waals surface area contributed by atoms with Crippen LogP contribution in [0.5, 0.6) is 0 Å². The Bertz CT molecular complexity index is 1240. The molecule has 6 nitrogen and oxygen atoms in total. The molecule has 3 unspecified atom stereocenters. The first-order valence-corrected chi connectivity index (χ1v) is 19.0. The van der Waals surface area contributed by atoms with Crippen LogP contribution in [-0.4, -0.2) is 43.7 Å². The zero-order valence-electron chi connectivity index (χ0n) is 30.4. The fourth-order valence-corrected chi connectivity index (χ4v) is 11.1. The van der Waals surface area contributed by atoms with E-state index in [9.17, 15) is 9.59 Å². The number of benzene rings is 1. The molecule has 4 aliphatic carbocycles. The summed E-state index contributed by atoms with van der Waals surface area (Å²) in [4.78, 5) is 25.9. The molecule has 1 aliphatic heterocycles. The summed E-state index contributed by atoms with van der Waals surface area (Å²) in [7, 11) is 0. The first kappa shape index (κ1) is 36.1. The van der Waals surface area contributed by atoms with Crippen LogP contribution < -0.4 is 0 Å². The second kappa shape index (κ2) is 15.2. The molecular weight excluding hydrogens is 588 g/mol. The minimum atomic E-state index is -0.443. The monoisotopic (exact) mass is 650 g/mol. The maximum absolute atomic E-state index is 13.6. The van der Waals surface area contributed by atoms with Gasteiger partial charge in [-0.2, -0.15) is 0 Å². The van der Waals surface area contributed by atoms with Gasteiger partial charge in [0.2, 0.25) is 0 Å². The number of rotatable bonds is 9. The number of esters is 2. The summed E-state index contributed by atoms with van der Waals surface area (Å²) in [6.45, 7) is 17.2. The number of ether oxygens (including phenoxy) is 4. The number of hydrogen-bond acceptors (Lipinski definition) is 6. The third-order valence-electron chi connectivity index (χ3n) is 13.4. The first-order chi connectivity index (χ1) is 22.6. The van der Waals surface area contributed by atoms with Crippen LogP contribution in [-0.2, 0) is 23.7 Å². The molecule has 0 bridgehead atoms. The molecule has 0 amide bonds. The van der Waals surface area contributed by atoms with Crippen LogP contribution >= 0.6 is 0 Å². The van der Waals surface area contributed by atoms with Crippen molar-refractivity contribution in [3.8, 4) is 0 Å². The predicted molar refractivity (Wildman–Crippen MR) is 186 cm³/mol. The molecule has 9 atom stereocenters. The van der Waals surface area contributed by atoms with E-state index in [1.165, 1.54) is 25.7 Å². The summed E-state index contributed by atoms with van der Waals surface area (Å²) in [5.74, 6) is 2.29. The Morgan fingerprint density at radius 2 is 1.66 bits per heavy atom. The highest BCUT2D eigenvalue weighted by atomic mass is 16.7. The van der Waals surface area contributed by atoms with Gasteiger partial charge in [-0.25, -0.2) is 9.59 Å². The van der Waals surface area contributed by atoms with Crippen molar-refractivity contribution in [2.45, 2.75) is 131 Å². The Kier molecular flexibility index (Phi) is 11.6. The molecule has 4 saturated carbocycles. The van der Waals surface area contributed by atoms with Gasteiger partial charge in [0.15, 0.2) is 5.79 Å². The van der Waals surface area contributed by atoms with Crippen molar-refractivity contribution in [2.24, 2.45) is 46.3 Å². The molecule has 0 N–H and O–H groups in total. The van der Waals surface area contributed by atoms with E-state index >= 15 is 0 Å². The Morgan fingerprint density at radius 3 is 2.34 bits per heavy atom. The minimum absolute atomic E-state index is 0.0874. The smallest absolute Gasteiger partial charge is 0.338 e. The molecule has 262 valence electrons. The average Bonchev–Trinajstić information content (AvgIpc) is 3.69. The van der Waals surface area contributed by atoms with Crippen LogP contribution in [0.15, 0.2) is 42.0 Å². The molecule has 1 heterocycles. The molecule has 0 radical (unpaired) electrons. The van der Waals surface area contributed by atoms with Gasteiger partial charge in [-0.15, -0.1) is 0 Å². The molecule has 1 saturated heterocycles. The van der Waals surface area contributed by atoms with Gasteiger partial charge in [0.1, 0.15) is 6.10 Å². The quantitative estimate of drug-likeness (QED) is 0.196. The van der Waals surface area contributed by atoms with Gasteiger partial charge in [0.05, 0.1) is 25.4 Å². The summed E-state index contributed by atoms with van der Waals surface area (Å²) in [6.07, 6.45) is 13.5. The van der Waals surface area contributed by atoms with E-state index in [0.29, 0.717) is 67.3 Å². The Labute approximate surface area is 284 Å². The Morgan fingerprint density at radius 1 is 0.957 bits per heavy atom. The number of carbonyl (C=O) groups is 2. The first-order valence-electron chi connectivity index (χ1n) is 19.0. The zero-order chi connectivity index (χ0) is 33.8. The predicted octanol–water partition coefficient (Wildman–Crippen LogP) is 9.57. The Balaban J connectivity index is 0.00000213. The summed E-state index contributed by atoms with van der Waals surface area (Å²) in [6, 6.07) is 9.54. The normalized spacial score (nSPS) is 36.3. The molecule has 1 aromatic rings. The van der Waals surface area contributed by atoms with E-state index in [2.05, 4.69) is 26.8 Å². The fraction of sp³-hybridized carbons (Fsp3) is 0.756. The van der Waals surface area contributed by atoms with Crippen molar-refractivity contribution in [3.63, 3.8) is 0 Å². The molecule has 5 fully saturated rings. The van der Waals surface area contributed by atoms with Crippen LogP contribution in [0.25, 0.3) is 0 Å². The van der Waals surface area contributed by atoms with E-state index in [0.717, 1.165) is 44.1 Å². The molecule has 6 heteroatoms. The van der Waals surface area contributed by atoms with Gasteiger partial charge in [-0.3, -0.25) is 0 Å². The number of hydrogen-bond donors (Lipinski definition) is 0. The molecular formula is C41H62O6. The van der Waals surface area contributed by atoms with E-state index in [4.69, 9.17) is 18.9 Å². The van der Waals surface area contributed by atoms with E-state index < -0.39 is 5.79 Å². The maximum atomic E-state index is 13.6. The third-order valence-corrected chi connectivity index (χ3v) is 13.4. The molecule has 47 heavy (non-hydrogen) atoms. The van der Waals surface area contributed by atoms with Gasteiger partial charge in [-0.05, 0) is 117 Å². The topological polar surface area (TPSA) is 71.1 Å². The standard InChI is InChI=1S/C39H56O6.C2H6/c1-6-27(35(40)42-7-2)15-11-12-26(3)30-16-17-31-34-32(18-19-38(30,31)5)37(4)20-21-39(43-22-23-44-39)25-29(37)24-33(34)45-36(41)28-13-9-8-10-14-28;1-2/h8-10,13-15,26,29-34H,6-7,11-12,16-25H2,1-5H3;1-2H3/b27-15+;/t26-,29+,30-,31?,32?,33-,34?,37+,38-;/m1./s1. The van der Waals surface area contributed by atoms with Crippen molar-refractivity contribution in [1.82, 2.24) is 0 Å². The maximum Gasteiger partial charge on any atom is 0.338 e. The number of fused-ring (bicyclic) bond motifs is 5. The van der Waals surface area contributed by atoms with Crippen LogP contribution in [0.1, 0.15) is 129 Å². The highest BCUT2D eigenvalue weighted by Crippen LogP contribution is 2.69. The van der Waals surface area contributed by atoms with Gasteiger partial charge in [0, 0.05) is 24.3 Å². The minimum Gasteiger partial charge on any atom is -0.463 e. The average molecular weight is 651 g/mol. The molecule has 1 spiro atoms. The van der Waals surface area contributed by atoms with Gasteiger partial charge >= 0.3 is 11.9 Å². The van der Waals surface area contributed by atoms with Crippen LogP contribution in [0.3, 0.4) is 0 Å². The largest absolute Gasteiger partial charge is 0.463 e. The summed E-state index contributed by atoms with van der Waals surface area (Å²) < 4.78 is 24.4. The second-order valence-electron chi connectivity index (χ2n) is 15.4. The molecule has 6 rings (SSSR count). The lowest BCUT2D eigenvalue weighted by atomic mass is 9.43. The van der Waals surface area contributed by atoms with Crippen molar-refractivity contribution >= 4 is 11.9 Å². The van der Waals surface area contributed by atoms with Crippen molar-refractivity contribution < 1.29 is 28.5 Å². The lowest BCUT2D eigenvalue weighted by molar-refractivity contribution is -0.242. The number of allylic oxidation sites excluding steroid dienone is 1. The van der Waals surface area contributed by atoms with Gasteiger partial charge in [-0.1, -0.05) is 65.8 Å². The zero-order valence-corrected chi connectivity index (χ0v) is 30.4. The fourth-order valence-electron chi connectivity index (χ4n) is 11.1. The van der Waals surface area contributed by atoms with Gasteiger partial charge < -0.3 is 18.9 Å². The van der Waals surface area contributed by atoms with E-state index in [-0.39, 0.29) is 28.9 Å². The SMILES string of the molecule is CC.CCOC(=O)/C(=C/CC[C@@H](C)[C@H]1CCC2C3C(CC[C@@]21C)[C@@]1(C)CCC2(C[C@@H]1C[C@H]3OC(=O)c1ccccc1)OCCO2)CC. The van der Waals surface area contributed by atoms with E-state index in [1.54, 1.807) is 0 Å². The molecule has 0 aromatic heterocycles. The van der Waals surface area contributed by atoms with Gasteiger partial charge in [0.25, 0.3) is 0 Å². The summed E-state index contributed by atoms with van der Waals surface area (Å²) in [5, 5.41) is 0. The molecule has 5 aliphatic rings. The third kappa shape index (κ3) is 6.98. The summed E-state index contributed by atoms with van der Waals surface area (Å²) in [5.41, 5.74) is 1.88. The van der Waals surface area contributed by atoms with Crippen LogP contribution in [0.4, 0.5) is 0 Å². The molecule has 1 aromatic carbocycles. The van der Waals surface area contributed by atoms with Crippen LogP contribution in [0.2, 0.25) is 0 Å². The highest BCUT2D eigenvalue weighted by Gasteiger charge is 2.65. The highest BCUT2D eigenvalue weighted by molar-refractivity contribution is 5.89. The van der Waals surface area contributed by atoms with Crippen molar-refractivity contribution in [1.29, 1.82) is 0 Å². The second-order valence-corrected chi connectivity index (χ2v) is 15.4. The van der Waals surface area contributed by atoms with E-state index in [1.807, 2.05) is 58.0 Å². The van der Waals surface area contributed by atoms with Crippen LogP contribution in [0, 0.1) is 46.3 Å². The number of carbonyl (C=O) groups excluding carboxylic acids is 2. The van der Waals surface area contributed by atoms with Crippen molar-refractivity contribution in [3.05, 3.63) is 47.5 Å². The van der Waals surface area contributed by atoms with Crippen molar-refractivity contribution in [2.75, 3.05) is 19.8 Å². The lowest BCUT2D eigenvalue weighted by Crippen LogP contribution is -2.60. The summed E-state index contributed by atoms with van der Waals surface area (Å²) >= 11 is 0. The lowest BCUT2D eigenvalue weighted by Gasteiger charge is -2.63.